The minimum absolute atomic E-state index is 0.129. The van der Waals surface area contributed by atoms with Gasteiger partial charge >= 0.3 is 6.03 Å². The van der Waals surface area contributed by atoms with Gasteiger partial charge in [-0.2, -0.15) is 4.98 Å². The Bertz CT molecular complexity index is 441. The number of carbonyl (C=O) groups is 1. The summed E-state index contributed by atoms with van der Waals surface area (Å²) in [7, 11) is 0. The topological polar surface area (TPSA) is 89.3 Å². The van der Waals surface area contributed by atoms with E-state index >= 15 is 0 Å². The maximum Gasteiger partial charge on any atom is 0.315 e. The van der Waals surface area contributed by atoms with Crippen molar-refractivity contribution in [1.82, 2.24) is 20.8 Å². The third-order valence-electron chi connectivity index (χ3n) is 3.28. The molecule has 2 atom stereocenters. The minimum atomic E-state index is -0.291. The van der Waals surface area contributed by atoms with Crippen LogP contribution in [0.1, 0.15) is 44.4 Å². The van der Waals surface area contributed by atoms with E-state index < -0.39 is 0 Å². The van der Waals surface area contributed by atoms with Crippen molar-refractivity contribution >= 4 is 6.03 Å². The largest absolute Gasteiger partial charge is 0.376 e. The first kappa shape index (κ1) is 14.8. The van der Waals surface area contributed by atoms with Crippen LogP contribution >= 0.6 is 0 Å². The van der Waals surface area contributed by atoms with Crippen molar-refractivity contribution in [3.63, 3.8) is 0 Å². The van der Waals surface area contributed by atoms with Gasteiger partial charge in [0.05, 0.1) is 6.10 Å². The molecule has 0 aromatic carbocycles. The summed E-state index contributed by atoms with van der Waals surface area (Å²) >= 11 is 0. The van der Waals surface area contributed by atoms with E-state index in [-0.39, 0.29) is 24.1 Å². The number of hydrogen-bond donors (Lipinski definition) is 2. The molecule has 0 spiro atoms. The fraction of sp³-hybridized carbons (Fsp3) is 0.769. The van der Waals surface area contributed by atoms with Gasteiger partial charge in [-0.1, -0.05) is 19.0 Å². The second-order valence-electron chi connectivity index (χ2n) is 5.39. The molecule has 2 rings (SSSR count). The fourth-order valence-electron chi connectivity index (χ4n) is 2.16. The molecule has 1 saturated heterocycles. The summed E-state index contributed by atoms with van der Waals surface area (Å²) in [5.74, 6) is 1.15. The van der Waals surface area contributed by atoms with Gasteiger partial charge in [-0.25, -0.2) is 4.79 Å². The molecule has 2 amide bonds. The monoisotopic (exact) mass is 282 g/mol. The molecule has 1 aliphatic heterocycles. The van der Waals surface area contributed by atoms with E-state index in [4.69, 9.17) is 9.26 Å². The molecular weight excluding hydrogens is 260 g/mol. The average Bonchev–Trinajstić information content (AvgIpc) is 3.04. The smallest absolute Gasteiger partial charge is 0.315 e. The van der Waals surface area contributed by atoms with E-state index in [0.717, 1.165) is 19.4 Å². The number of aryl methyl sites for hydroxylation is 1. The van der Waals surface area contributed by atoms with Crippen molar-refractivity contribution < 1.29 is 14.1 Å². The van der Waals surface area contributed by atoms with E-state index in [9.17, 15) is 4.79 Å². The molecule has 1 aromatic heterocycles. The number of carbonyl (C=O) groups excluding carboxylic acids is 1. The van der Waals surface area contributed by atoms with E-state index in [0.29, 0.717) is 18.3 Å². The van der Waals surface area contributed by atoms with Crippen LogP contribution in [0.5, 0.6) is 0 Å². The quantitative estimate of drug-likeness (QED) is 0.855. The standard InChI is InChI=1S/C13H22N4O3/c1-8(2)11(12-15-9(3)17-20-12)16-13(18)14-7-10-5-4-6-19-10/h8,10-11H,4-7H2,1-3H3,(H2,14,16,18)/t10-,11-/m1/s1. The molecule has 0 aliphatic carbocycles. The molecule has 2 N–H and O–H groups in total. The SMILES string of the molecule is Cc1noc([C@H](NC(=O)NC[C@H]2CCCO2)C(C)C)n1. The molecule has 0 unspecified atom stereocenters. The molecule has 7 heteroatoms. The van der Waals surface area contributed by atoms with Gasteiger partial charge in [0.1, 0.15) is 6.04 Å². The van der Waals surface area contributed by atoms with Crippen LogP contribution in [0.15, 0.2) is 4.52 Å². The zero-order valence-corrected chi connectivity index (χ0v) is 12.2. The zero-order valence-electron chi connectivity index (χ0n) is 12.2. The van der Waals surface area contributed by atoms with Crippen LogP contribution in [0.3, 0.4) is 0 Å². The van der Waals surface area contributed by atoms with Crippen LogP contribution in [0.4, 0.5) is 4.79 Å². The van der Waals surface area contributed by atoms with Crippen molar-refractivity contribution in [3.8, 4) is 0 Å². The Balaban J connectivity index is 1.85. The molecule has 1 fully saturated rings. The van der Waals surface area contributed by atoms with Crippen LogP contribution in [-0.4, -0.2) is 35.4 Å². The van der Waals surface area contributed by atoms with Gasteiger partial charge < -0.3 is 19.9 Å². The molecule has 7 nitrogen and oxygen atoms in total. The van der Waals surface area contributed by atoms with Gasteiger partial charge in [0.25, 0.3) is 0 Å². The number of nitrogens with zero attached hydrogens (tertiary/aromatic N) is 2. The van der Waals surface area contributed by atoms with Gasteiger partial charge in [0.2, 0.25) is 5.89 Å². The number of urea groups is 1. The molecule has 2 heterocycles. The predicted molar refractivity (Wildman–Crippen MR) is 72.1 cm³/mol. The van der Waals surface area contributed by atoms with Gasteiger partial charge in [0.15, 0.2) is 5.82 Å². The molecule has 0 saturated carbocycles. The summed E-state index contributed by atoms with van der Waals surface area (Å²) in [5.41, 5.74) is 0. The number of amides is 2. The number of aromatic nitrogens is 2. The molecule has 20 heavy (non-hydrogen) atoms. The highest BCUT2D eigenvalue weighted by Crippen LogP contribution is 2.19. The van der Waals surface area contributed by atoms with Gasteiger partial charge in [0, 0.05) is 13.2 Å². The molecule has 0 bridgehead atoms. The second kappa shape index (κ2) is 6.69. The van der Waals surface area contributed by atoms with Crippen molar-refractivity contribution in [2.24, 2.45) is 5.92 Å². The number of nitrogens with one attached hydrogen (secondary N) is 2. The Labute approximate surface area is 118 Å². The van der Waals surface area contributed by atoms with Crippen LogP contribution < -0.4 is 10.6 Å². The fourth-order valence-corrected chi connectivity index (χ4v) is 2.16. The highest BCUT2D eigenvalue weighted by atomic mass is 16.5. The summed E-state index contributed by atoms with van der Waals surface area (Å²) < 4.78 is 10.6. The van der Waals surface area contributed by atoms with Gasteiger partial charge in [-0.05, 0) is 25.7 Å². The number of hydrogen-bond acceptors (Lipinski definition) is 5. The predicted octanol–water partition coefficient (Wildman–Crippen LogP) is 1.55. The summed E-state index contributed by atoms with van der Waals surface area (Å²) in [6, 6.07) is -0.532. The highest BCUT2D eigenvalue weighted by Gasteiger charge is 2.24. The summed E-state index contributed by atoms with van der Waals surface area (Å²) in [5, 5.41) is 9.45. The third kappa shape index (κ3) is 3.93. The highest BCUT2D eigenvalue weighted by molar-refractivity contribution is 5.74. The van der Waals surface area contributed by atoms with E-state index in [1.807, 2.05) is 13.8 Å². The Morgan fingerprint density at radius 3 is 2.85 bits per heavy atom. The van der Waals surface area contributed by atoms with E-state index in [1.165, 1.54) is 0 Å². The van der Waals surface area contributed by atoms with Crippen molar-refractivity contribution in [2.45, 2.75) is 45.8 Å². The van der Waals surface area contributed by atoms with Crippen LogP contribution in [0.25, 0.3) is 0 Å². The zero-order chi connectivity index (χ0) is 14.5. The minimum Gasteiger partial charge on any atom is -0.376 e. The first-order chi connectivity index (χ1) is 9.56. The van der Waals surface area contributed by atoms with Crippen molar-refractivity contribution in [1.29, 1.82) is 0 Å². The van der Waals surface area contributed by atoms with Crippen molar-refractivity contribution in [3.05, 3.63) is 11.7 Å². The summed E-state index contributed by atoms with van der Waals surface area (Å²) in [6.45, 7) is 7.04. The molecule has 112 valence electrons. The average molecular weight is 282 g/mol. The number of ether oxygens (including phenoxy) is 1. The Morgan fingerprint density at radius 1 is 1.50 bits per heavy atom. The van der Waals surface area contributed by atoms with Crippen LogP contribution in [0.2, 0.25) is 0 Å². The Kier molecular flexibility index (Phi) is 4.94. The second-order valence-corrected chi connectivity index (χ2v) is 5.39. The maximum absolute atomic E-state index is 11.9. The molecule has 0 radical (unpaired) electrons. The lowest BCUT2D eigenvalue weighted by atomic mass is 10.0. The lowest BCUT2D eigenvalue weighted by molar-refractivity contribution is 0.111. The lowest BCUT2D eigenvalue weighted by Gasteiger charge is -2.19. The lowest BCUT2D eigenvalue weighted by Crippen LogP contribution is -2.42. The number of rotatable bonds is 5. The maximum atomic E-state index is 11.9. The van der Waals surface area contributed by atoms with Crippen LogP contribution in [-0.2, 0) is 4.74 Å². The Morgan fingerprint density at radius 2 is 2.30 bits per heavy atom. The first-order valence-electron chi connectivity index (χ1n) is 7.02. The Hall–Kier alpha value is -1.63. The summed E-state index contributed by atoms with van der Waals surface area (Å²) in [6.07, 6.45) is 2.18. The van der Waals surface area contributed by atoms with Gasteiger partial charge in [-0.3, -0.25) is 0 Å². The third-order valence-corrected chi connectivity index (χ3v) is 3.28. The first-order valence-corrected chi connectivity index (χ1v) is 7.02. The molecule has 1 aliphatic rings. The van der Waals surface area contributed by atoms with Gasteiger partial charge in [-0.15, -0.1) is 0 Å². The summed E-state index contributed by atoms with van der Waals surface area (Å²) in [4.78, 5) is 16.1. The molecule has 1 aromatic rings. The van der Waals surface area contributed by atoms with E-state index in [1.54, 1.807) is 6.92 Å². The van der Waals surface area contributed by atoms with E-state index in [2.05, 4.69) is 20.8 Å². The van der Waals surface area contributed by atoms with Crippen LogP contribution in [0, 0.1) is 12.8 Å². The molecular formula is C13H22N4O3. The van der Waals surface area contributed by atoms with Crippen molar-refractivity contribution in [2.75, 3.05) is 13.2 Å². The normalized spacial score (nSPS) is 20.1.